The van der Waals surface area contributed by atoms with E-state index >= 15 is 0 Å². The number of hydrogen-bond acceptors (Lipinski definition) is 4. The van der Waals surface area contributed by atoms with Crippen molar-refractivity contribution in [3.63, 3.8) is 0 Å². The zero-order valence-electron chi connectivity index (χ0n) is 14.8. The number of benzene rings is 2. The van der Waals surface area contributed by atoms with Crippen LogP contribution in [0.15, 0.2) is 30.3 Å². The molecule has 25 heavy (non-hydrogen) atoms. The topological polar surface area (TPSA) is 52.6 Å². The summed E-state index contributed by atoms with van der Waals surface area (Å²) in [4.78, 5) is 23.0. The van der Waals surface area contributed by atoms with E-state index in [1.807, 2.05) is 26.8 Å². The van der Waals surface area contributed by atoms with E-state index in [-0.39, 0.29) is 0 Å². The van der Waals surface area contributed by atoms with E-state index in [0.29, 0.717) is 5.02 Å². The minimum absolute atomic E-state index is 0.468. The van der Waals surface area contributed by atoms with Gasteiger partial charge in [0.2, 0.25) is 0 Å². The van der Waals surface area contributed by atoms with E-state index in [2.05, 4.69) is 12.1 Å². The molecule has 0 fully saturated rings. The molecular formula is C19H20ClIO4. The van der Waals surface area contributed by atoms with E-state index in [0.717, 1.165) is 31.4 Å². The van der Waals surface area contributed by atoms with Gasteiger partial charge in [-0.05, 0) is 0 Å². The Kier molecular flexibility index (Phi) is 6.46. The molecule has 2 aromatic rings. The second kappa shape index (κ2) is 8.19. The Hall–Kier alpha value is -1.60. The number of carbonyl (C=O) groups is 2. The van der Waals surface area contributed by atoms with Gasteiger partial charge in [-0.25, -0.2) is 0 Å². The van der Waals surface area contributed by atoms with Crippen molar-refractivity contribution in [2.45, 2.75) is 34.6 Å². The van der Waals surface area contributed by atoms with E-state index in [1.165, 1.54) is 13.8 Å². The Balaban J connectivity index is 2.68. The zero-order valence-corrected chi connectivity index (χ0v) is 17.7. The summed E-state index contributed by atoms with van der Waals surface area (Å²) in [6.07, 6.45) is 0. The van der Waals surface area contributed by atoms with Crippen LogP contribution < -0.4 is 0 Å². The van der Waals surface area contributed by atoms with Crippen molar-refractivity contribution in [1.29, 1.82) is 0 Å². The van der Waals surface area contributed by atoms with Crippen molar-refractivity contribution in [1.82, 2.24) is 0 Å². The van der Waals surface area contributed by atoms with Crippen molar-refractivity contribution in [3.8, 4) is 11.1 Å². The molecule has 0 aromatic heterocycles. The van der Waals surface area contributed by atoms with Gasteiger partial charge in [-0.3, -0.25) is 0 Å². The SMILES string of the molecule is CC(=O)OI(OC(C)=O)c1ccc(Cl)cc1-c1c(C)cc(C)cc1C. The molecule has 0 unspecified atom stereocenters. The van der Waals surface area contributed by atoms with Gasteiger partial charge in [-0.1, -0.05) is 0 Å². The molecule has 0 N–H and O–H groups in total. The Morgan fingerprint density at radius 2 is 1.44 bits per heavy atom. The average molecular weight is 475 g/mol. The molecule has 2 aromatic carbocycles. The number of hydrogen-bond donors (Lipinski definition) is 0. The van der Waals surface area contributed by atoms with Crippen molar-refractivity contribution in [2.24, 2.45) is 0 Å². The summed E-state index contributed by atoms with van der Waals surface area (Å²) >= 11 is 3.26. The molecule has 4 nitrogen and oxygen atoms in total. The summed E-state index contributed by atoms with van der Waals surface area (Å²) in [7, 11) is 0. The van der Waals surface area contributed by atoms with Gasteiger partial charge < -0.3 is 0 Å². The van der Waals surface area contributed by atoms with Gasteiger partial charge in [-0.2, -0.15) is 0 Å². The third-order valence-electron chi connectivity index (χ3n) is 3.40. The van der Waals surface area contributed by atoms with Crippen LogP contribution in [0.5, 0.6) is 0 Å². The summed E-state index contributed by atoms with van der Waals surface area (Å²) in [5, 5.41) is 0.569. The number of carbonyl (C=O) groups excluding carboxylic acids is 2. The predicted octanol–water partition coefficient (Wildman–Crippen LogP) is 5.56. The monoisotopic (exact) mass is 474 g/mol. The molecule has 0 aliphatic carbocycles. The van der Waals surface area contributed by atoms with Crippen LogP contribution >= 0.6 is 32.3 Å². The van der Waals surface area contributed by atoms with Crippen LogP contribution in [0.25, 0.3) is 11.1 Å². The van der Waals surface area contributed by atoms with Gasteiger partial charge >= 0.3 is 161 Å². The fourth-order valence-electron chi connectivity index (χ4n) is 2.72. The molecule has 0 radical (unpaired) electrons. The summed E-state index contributed by atoms with van der Waals surface area (Å²) in [6, 6.07) is 9.51. The van der Waals surface area contributed by atoms with Crippen LogP contribution in [-0.4, -0.2) is 11.9 Å². The van der Waals surface area contributed by atoms with Crippen molar-refractivity contribution in [3.05, 3.63) is 55.6 Å². The maximum absolute atomic E-state index is 11.5. The Labute approximate surface area is 161 Å². The Morgan fingerprint density at radius 3 is 1.92 bits per heavy atom. The summed E-state index contributed by atoms with van der Waals surface area (Å²) in [5.41, 5.74) is 5.20. The average Bonchev–Trinajstić information content (AvgIpc) is 2.44. The first-order valence-electron chi connectivity index (χ1n) is 7.65. The standard InChI is InChI=1S/C19H20ClIO4/c1-11-8-12(2)19(13(3)9-11)17-10-16(20)6-7-18(17)21(24-14(4)22)25-15(5)23/h6-10H,1-5H3. The molecule has 0 aliphatic rings. The van der Waals surface area contributed by atoms with Crippen molar-refractivity contribution in [2.75, 3.05) is 0 Å². The molecule has 0 saturated heterocycles. The molecule has 0 atom stereocenters. The second-order valence-electron chi connectivity index (χ2n) is 5.75. The number of aryl methyl sites for hydroxylation is 3. The first-order chi connectivity index (χ1) is 11.7. The molecule has 0 heterocycles. The van der Waals surface area contributed by atoms with Crippen LogP contribution in [-0.2, 0) is 15.7 Å². The molecule has 2 rings (SSSR count). The Bertz CT molecular complexity index is 793. The number of rotatable bonds is 4. The Morgan fingerprint density at radius 1 is 0.920 bits per heavy atom. The molecular weight excluding hydrogens is 455 g/mol. The third kappa shape index (κ3) is 4.95. The van der Waals surface area contributed by atoms with Crippen LogP contribution in [0.3, 0.4) is 0 Å². The molecule has 0 bridgehead atoms. The van der Waals surface area contributed by atoms with Gasteiger partial charge in [0.25, 0.3) is 0 Å². The molecule has 0 aliphatic heterocycles. The van der Waals surface area contributed by atoms with Crippen molar-refractivity contribution < 1.29 is 15.7 Å². The predicted molar refractivity (Wildman–Crippen MR) is 107 cm³/mol. The van der Waals surface area contributed by atoms with E-state index < -0.39 is 32.6 Å². The normalized spacial score (nSPS) is 11.0. The fourth-order valence-corrected chi connectivity index (χ4v) is 5.96. The van der Waals surface area contributed by atoms with Crippen LogP contribution in [0, 0.1) is 24.3 Å². The second-order valence-corrected chi connectivity index (χ2v) is 9.47. The fraction of sp³-hybridized carbons (Fsp3) is 0.263. The number of halogens is 2. The van der Waals surface area contributed by atoms with Gasteiger partial charge in [0.1, 0.15) is 0 Å². The van der Waals surface area contributed by atoms with Crippen LogP contribution in [0.1, 0.15) is 30.5 Å². The minimum atomic E-state index is -2.96. The molecule has 6 heteroatoms. The van der Waals surface area contributed by atoms with Crippen LogP contribution in [0.2, 0.25) is 5.02 Å². The zero-order chi connectivity index (χ0) is 18.7. The van der Waals surface area contributed by atoms with Gasteiger partial charge in [0.15, 0.2) is 0 Å². The van der Waals surface area contributed by atoms with Gasteiger partial charge in [0.05, 0.1) is 0 Å². The first kappa shape index (κ1) is 19.7. The first-order valence-corrected chi connectivity index (χ1v) is 10.9. The van der Waals surface area contributed by atoms with E-state index in [4.69, 9.17) is 17.7 Å². The van der Waals surface area contributed by atoms with Gasteiger partial charge in [0, 0.05) is 0 Å². The molecule has 0 spiro atoms. The van der Waals surface area contributed by atoms with Crippen LogP contribution in [0.4, 0.5) is 0 Å². The molecule has 0 amide bonds. The quantitative estimate of drug-likeness (QED) is 0.544. The molecule has 134 valence electrons. The molecule has 0 saturated carbocycles. The van der Waals surface area contributed by atoms with E-state index in [1.54, 1.807) is 12.1 Å². The van der Waals surface area contributed by atoms with E-state index in [9.17, 15) is 9.59 Å². The van der Waals surface area contributed by atoms with Crippen molar-refractivity contribution >= 4 is 44.2 Å². The summed E-state index contributed by atoms with van der Waals surface area (Å²) in [6.45, 7) is 8.71. The van der Waals surface area contributed by atoms with Gasteiger partial charge in [-0.15, -0.1) is 0 Å². The summed E-state index contributed by atoms with van der Waals surface area (Å²) in [5.74, 6) is -0.936. The summed E-state index contributed by atoms with van der Waals surface area (Å²) < 4.78 is 11.5. The maximum atomic E-state index is 11.5. The third-order valence-corrected chi connectivity index (χ3v) is 7.56.